The third kappa shape index (κ3) is 5.64. The van der Waals surface area contributed by atoms with Crippen molar-refractivity contribution in [2.24, 2.45) is 5.10 Å². The van der Waals surface area contributed by atoms with Crippen LogP contribution in [0.25, 0.3) is 17.1 Å². The lowest BCUT2D eigenvalue weighted by atomic mass is 10.2. The normalized spacial score (nSPS) is 11.0. The van der Waals surface area contributed by atoms with Crippen molar-refractivity contribution >= 4 is 39.8 Å². The predicted octanol–water partition coefficient (Wildman–Crippen LogP) is 4.65. The lowest BCUT2D eigenvalue weighted by Crippen LogP contribution is -2.20. The third-order valence-corrected chi connectivity index (χ3v) is 6.15. The van der Waals surface area contributed by atoms with Crippen molar-refractivity contribution in [3.05, 3.63) is 82.8 Å². The minimum atomic E-state index is -0.293. The summed E-state index contributed by atoms with van der Waals surface area (Å²) in [7, 11) is 1.46. The van der Waals surface area contributed by atoms with Crippen LogP contribution in [0.4, 0.5) is 0 Å². The summed E-state index contributed by atoms with van der Waals surface area (Å²) < 4.78 is 7.95. The Morgan fingerprint density at radius 1 is 1.15 bits per heavy atom. The van der Waals surface area contributed by atoms with E-state index < -0.39 is 0 Å². The first kappa shape index (κ1) is 23.5. The monoisotopic (exact) mass is 537 g/mol. The Balaban J connectivity index is 1.48. The molecule has 3 aromatic carbocycles. The summed E-state index contributed by atoms with van der Waals surface area (Å²) >= 11 is 4.72. The van der Waals surface area contributed by atoms with Gasteiger partial charge in [0.05, 0.1) is 19.1 Å². The molecule has 0 fully saturated rings. The van der Waals surface area contributed by atoms with E-state index in [0.717, 1.165) is 15.7 Å². The first-order valence-electron chi connectivity index (χ1n) is 10.1. The average Bonchev–Trinajstić information content (AvgIpc) is 3.29. The average molecular weight is 538 g/mol. The Bertz CT molecular complexity index is 1310. The van der Waals surface area contributed by atoms with E-state index in [1.54, 1.807) is 12.1 Å². The molecule has 0 spiro atoms. The van der Waals surface area contributed by atoms with E-state index in [1.807, 2.05) is 59.2 Å². The molecule has 0 aliphatic carbocycles. The van der Waals surface area contributed by atoms with Crippen LogP contribution in [-0.2, 0) is 4.79 Å². The number of nitrogens with zero attached hydrogens (tertiary/aromatic N) is 4. The van der Waals surface area contributed by atoms with Crippen molar-refractivity contribution in [2.45, 2.75) is 5.16 Å². The van der Waals surface area contributed by atoms with Gasteiger partial charge in [0.15, 0.2) is 22.5 Å². The number of hydrogen-bond acceptors (Lipinski definition) is 7. The van der Waals surface area contributed by atoms with E-state index in [1.165, 1.54) is 31.2 Å². The number of methoxy groups -OCH3 is 1. The van der Waals surface area contributed by atoms with Crippen LogP contribution in [0.15, 0.2) is 87.5 Å². The fourth-order valence-corrected chi connectivity index (χ4v) is 4.08. The van der Waals surface area contributed by atoms with Gasteiger partial charge in [0.25, 0.3) is 5.91 Å². The van der Waals surface area contributed by atoms with Crippen molar-refractivity contribution in [3.63, 3.8) is 0 Å². The molecule has 1 heterocycles. The second-order valence-corrected chi connectivity index (χ2v) is 8.86. The Hall–Kier alpha value is -3.63. The van der Waals surface area contributed by atoms with Gasteiger partial charge in [-0.1, -0.05) is 58.0 Å². The van der Waals surface area contributed by atoms with Gasteiger partial charge < -0.3 is 9.84 Å². The molecule has 0 bridgehead atoms. The summed E-state index contributed by atoms with van der Waals surface area (Å²) in [6.07, 6.45) is 1.47. The number of ether oxygens (including phenoxy) is 1. The quantitative estimate of drug-likeness (QED) is 0.192. The van der Waals surface area contributed by atoms with Gasteiger partial charge >= 0.3 is 0 Å². The summed E-state index contributed by atoms with van der Waals surface area (Å²) in [6, 6.07) is 22.3. The van der Waals surface area contributed by atoms with Gasteiger partial charge in [0.1, 0.15) is 0 Å². The standard InChI is InChI=1S/C24H20BrN5O3S/c1-33-21-13-16(7-12-20(21)31)14-26-27-22(32)15-34-24-29-28-23(17-5-3-2-4-6-17)30(24)19-10-8-18(25)9-11-19/h2-14,31H,15H2,1H3,(H,27,32)/b26-14+. The number of hydrazone groups is 1. The summed E-state index contributed by atoms with van der Waals surface area (Å²) in [5.74, 6) is 0.848. The zero-order valence-corrected chi connectivity index (χ0v) is 20.5. The number of amides is 1. The highest BCUT2D eigenvalue weighted by atomic mass is 79.9. The van der Waals surface area contributed by atoms with Gasteiger partial charge in [-0.3, -0.25) is 9.36 Å². The molecule has 0 aliphatic rings. The Morgan fingerprint density at radius 3 is 2.65 bits per heavy atom. The van der Waals surface area contributed by atoms with E-state index in [0.29, 0.717) is 22.3 Å². The maximum atomic E-state index is 12.4. The number of phenols is 1. The van der Waals surface area contributed by atoms with E-state index in [9.17, 15) is 9.90 Å². The van der Waals surface area contributed by atoms with Crippen molar-refractivity contribution < 1.29 is 14.6 Å². The van der Waals surface area contributed by atoms with Crippen molar-refractivity contribution in [1.29, 1.82) is 0 Å². The highest BCUT2D eigenvalue weighted by molar-refractivity contribution is 9.10. The maximum absolute atomic E-state index is 12.4. The molecule has 0 atom stereocenters. The van der Waals surface area contributed by atoms with Gasteiger partial charge in [-0.25, -0.2) is 5.43 Å². The van der Waals surface area contributed by atoms with Crippen LogP contribution in [-0.4, -0.2) is 44.9 Å². The number of nitrogens with one attached hydrogen (secondary N) is 1. The van der Waals surface area contributed by atoms with E-state index in [-0.39, 0.29) is 17.4 Å². The van der Waals surface area contributed by atoms with E-state index >= 15 is 0 Å². The number of aromatic hydroxyl groups is 1. The SMILES string of the molecule is COc1cc(/C=N/NC(=O)CSc2nnc(-c3ccccc3)n2-c2ccc(Br)cc2)ccc1O. The zero-order chi connectivity index (χ0) is 23.9. The van der Waals surface area contributed by atoms with Crippen LogP contribution in [0.5, 0.6) is 11.5 Å². The molecule has 172 valence electrons. The maximum Gasteiger partial charge on any atom is 0.250 e. The molecule has 1 amide bonds. The molecule has 34 heavy (non-hydrogen) atoms. The number of thioether (sulfide) groups is 1. The number of phenolic OH excluding ortho intramolecular Hbond substituents is 1. The van der Waals surface area contributed by atoms with E-state index in [4.69, 9.17) is 4.74 Å². The summed E-state index contributed by atoms with van der Waals surface area (Å²) in [5.41, 5.74) is 4.98. The molecule has 0 radical (unpaired) electrons. The zero-order valence-electron chi connectivity index (χ0n) is 18.1. The van der Waals surface area contributed by atoms with Gasteiger partial charge in [-0.15, -0.1) is 10.2 Å². The number of benzene rings is 3. The first-order chi connectivity index (χ1) is 16.5. The van der Waals surface area contributed by atoms with Crippen molar-refractivity contribution in [3.8, 4) is 28.6 Å². The molecule has 8 nitrogen and oxygen atoms in total. The third-order valence-electron chi connectivity index (χ3n) is 4.69. The minimum Gasteiger partial charge on any atom is -0.504 e. The molecule has 4 rings (SSSR count). The number of halogens is 1. The van der Waals surface area contributed by atoms with Crippen molar-refractivity contribution in [1.82, 2.24) is 20.2 Å². The van der Waals surface area contributed by atoms with Crippen LogP contribution in [0, 0.1) is 0 Å². The number of carbonyl (C=O) groups excluding carboxylic acids is 1. The Morgan fingerprint density at radius 2 is 1.91 bits per heavy atom. The number of aromatic nitrogens is 3. The second kappa shape index (κ2) is 11.0. The minimum absolute atomic E-state index is 0.0323. The fraction of sp³-hybridized carbons (Fsp3) is 0.0833. The van der Waals surface area contributed by atoms with Crippen LogP contribution in [0.2, 0.25) is 0 Å². The summed E-state index contributed by atoms with van der Waals surface area (Å²) in [5, 5.41) is 22.9. The van der Waals surface area contributed by atoms with Gasteiger partial charge in [0, 0.05) is 15.7 Å². The molecule has 10 heteroatoms. The fourth-order valence-electron chi connectivity index (χ4n) is 3.08. The smallest absolute Gasteiger partial charge is 0.250 e. The molecule has 0 saturated heterocycles. The molecular weight excluding hydrogens is 518 g/mol. The number of carbonyl (C=O) groups is 1. The summed E-state index contributed by atoms with van der Waals surface area (Å²) in [6.45, 7) is 0. The molecule has 1 aromatic heterocycles. The van der Waals surface area contributed by atoms with Crippen LogP contribution < -0.4 is 10.2 Å². The molecule has 2 N–H and O–H groups in total. The van der Waals surface area contributed by atoms with Crippen LogP contribution in [0.1, 0.15) is 5.56 Å². The van der Waals surface area contributed by atoms with Crippen LogP contribution in [0.3, 0.4) is 0 Å². The lowest BCUT2D eigenvalue weighted by molar-refractivity contribution is -0.118. The van der Waals surface area contributed by atoms with Crippen LogP contribution >= 0.6 is 27.7 Å². The first-order valence-corrected chi connectivity index (χ1v) is 11.9. The van der Waals surface area contributed by atoms with Gasteiger partial charge in [0.2, 0.25) is 0 Å². The predicted molar refractivity (Wildman–Crippen MR) is 136 cm³/mol. The Labute approximate surface area is 208 Å². The Kier molecular flexibility index (Phi) is 7.61. The number of hydrogen-bond donors (Lipinski definition) is 2. The van der Waals surface area contributed by atoms with Gasteiger partial charge in [-0.05, 0) is 48.0 Å². The molecule has 0 saturated carbocycles. The highest BCUT2D eigenvalue weighted by Gasteiger charge is 2.17. The molecule has 0 unspecified atom stereocenters. The lowest BCUT2D eigenvalue weighted by Gasteiger charge is -2.10. The van der Waals surface area contributed by atoms with E-state index in [2.05, 4.69) is 36.7 Å². The summed E-state index contributed by atoms with van der Waals surface area (Å²) in [4.78, 5) is 12.4. The van der Waals surface area contributed by atoms with Gasteiger partial charge in [-0.2, -0.15) is 5.10 Å². The van der Waals surface area contributed by atoms with Crippen molar-refractivity contribution in [2.75, 3.05) is 12.9 Å². The molecule has 4 aromatic rings. The molecule has 0 aliphatic heterocycles. The topological polar surface area (TPSA) is 102 Å². The molecular formula is C24H20BrN5O3S. The number of rotatable bonds is 8. The largest absolute Gasteiger partial charge is 0.504 e. The second-order valence-electron chi connectivity index (χ2n) is 7.00. The highest BCUT2D eigenvalue weighted by Crippen LogP contribution is 2.28.